The van der Waals surface area contributed by atoms with Crippen molar-refractivity contribution in [3.63, 3.8) is 0 Å². The van der Waals surface area contributed by atoms with Crippen LogP contribution in [0.15, 0.2) is 0 Å². The van der Waals surface area contributed by atoms with Gasteiger partial charge in [-0.25, -0.2) is 0 Å². The maximum Gasteiger partial charge on any atom is 0.0981 e. The van der Waals surface area contributed by atoms with E-state index in [1.54, 1.807) is 6.92 Å². The molecule has 70 valence electrons. The number of ether oxygens (including phenoxy) is 1. The molecule has 1 heterocycles. The van der Waals surface area contributed by atoms with Crippen molar-refractivity contribution in [2.24, 2.45) is 0 Å². The summed E-state index contributed by atoms with van der Waals surface area (Å²) < 4.78 is 5.33. The molecule has 2 unspecified atom stereocenters. The number of hydrogen-bond acceptors (Lipinski definition) is 3. The summed E-state index contributed by atoms with van der Waals surface area (Å²) in [5.74, 6) is 0.546. The summed E-state index contributed by atoms with van der Waals surface area (Å²) in [6.07, 6.45) is -0.124. The third-order valence-electron chi connectivity index (χ3n) is 2.14. The summed E-state index contributed by atoms with van der Waals surface area (Å²) >= 11 is 0. The number of nitrogens with one attached hydrogen (secondary N) is 1. The second-order valence-electron chi connectivity index (χ2n) is 3.22. The molecular weight excluding hydrogens is 156 g/mol. The average Bonchev–Trinajstić information content (AvgIpc) is 2.05. The number of hydrogen-bond donors (Lipinski definition) is 2. The molecule has 4 heteroatoms. The van der Waals surface area contributed by atoms with Gasteiger partial charge in [-0.05, 0) is 13.8 Å². The maximum absolute atomic E-state index is 8.85. The number of nitrogens with zero attached hydrogens (tertiary/aromatic N) is 1. The summed E-state index contributed by atoms with van der Waals surface area (Å²) in [7, 11) is 0. The van der Waals surface area contributed by atoms with Crippen LogP contribution in [0.5, 0.6) is 0 Å². The molecule has 4 nitrogen and oxygen atoms in total. The predicted molar refractivity (Wildman–Crippen MR) is 46.4 cm³/mol. The monoisotopic (exact) mass is 172 g/mol. The Morgan fingerprint density at radius 3 is 2.92 bits per heavy atom. The quantitative estimate of drug-likeness (QED) is 0.434. The van der Waals surface area contributed by atoms with Gasteiger partial charge < -0.3 is 14.7 Å². The number of amidine groups is 1. The molecule has 1 saturated heterocycles. The molecule has 2 N–H and O–H groups in total. The zero-order valence-corrected chi connectivity index (χ0v) is 7.58. The lowest BCUT2D eigenvalue weighted by molar-refractivity contribution is -0.0563. The van der Waals surface area contributed by atoms with Crippen LogP contribution in [0.25, 0.3) is 0 Å². The van der Waals surface area contributed by atoms with Crippen molar-refractivity contribution >= 4 is 5.84 Å². The predicted octanol–water partition coefficient (Wildman–Crippen LogP) is 0.0652. The van der Waals surface area contributed by atoms with E-state index in [0.717, 1.165) is 0 Å². The first kappa shape index (κ1) is 9.48. The number of morpholine rings is 1. The van der Waals surface area contributed by atoms with Crippen LogP contribution >= 0.6 is 0 Å². The molecule has 0 aromatic heterocycles. The van der Waals surface area contributed by atoms with Crippen molar-refractivity contribution in [2.75, 3.05) is 19.8 Å². The highest BCUT2D eigenvalue weighted by Crippen LogP contribution is 2.11. The summed E-state index contributed by atoms with van der Waals surface area (Å²) in [6.45, 7) is 5.05. The molecule has 0 saturated carbocycles. The molecule has 0 radical (unpaired) electrons. The van der Waals surface area contributed by atoms with Gasteiger partial charge in [0, 0.05) is 6.54 Å². The molecule has 0 aliphatic carbocycles. The summed E-state index contributed by atoms with van der Waals surface area (Å²) in [4.78, 5) is 1.95. The van der Waals surface area contributed by atoms with Crippen LogP contribution in [0.4, 0.5) is 0 Å². The van der Waals surface area contributed by atoms with E-state index in [2.05, 4.69) is 0 Å². The van der Waals surface area contributed by atoms with Gasteiger partial charge in [0.2, 0.25) is 0 Å². The van der Waals surface area contributed by atoms with Crippen molar-refractivity contribution in [1.29, 1.82) is 5.41 Å². The molecular formula is C8H16N2O2. The fourth-order valence-electron chi connectivity index (χ4n) is 1.40. The minimum Gasteiger partial charge on any atom is -0.394 e. The first-order chi connectivity index (χ1) is 5.65. The normalized spacial score (nSPS) is 30.4. The van der Waals surface area contributed by atoms with Gasteiger partial charge in [0.1, 0.15) is 0 Å². The number of aliphatic hydroxyl groups excluding tert-OH is 1. The number of rotatable bonds is 1. The van der Waals surface area contributed by atoms with Crippen molar-refractivity contribution < 1.29 is 9.84 Å². The molecule has 0 amide bonds. The minimum absolute atomic E-state index is 0.0382. The second-order valence-corrected chi connectivity index (χ2v) is 3.22. The standard InChI is InChI=1S/C8H16N2O2/c1-6-5-12-8(4-11)3-10(6)7(2)9/h6,8-9,11H,3-5H2,1-2H3. The van der Waals surface area contributed by atoms with Gasteiger partial charge in [0.15, 0.2) is 0 Å². The SMILES string of the molecule is CC(=N)N1CC(CO)OCC1C. The lowest BCUT2D eigenvalue weighted by Gasteiger charge is -2.38. The smallest absolute Gasteiger partial charge is 0.0981 e. The van der Waals surface area contributed by atoms with E-state index < -0.39 is 0 Å². The molecule has 0 aromatic rings. The van der Waals surface area contributed by atoms with Gasteiger partial charge in [-0.3, -0.25) is 5.41 Å². The molecule has 1 aliphatic rings. The Morgan fingerprint density at radius 1 is 1.75 bits per heavy atom. The number of aliphatic hydroxyl groups is 1. The minimum atomic E-state index is -0.124. The molecule has 2 atom stereocenters. The van der Waals surface area contributed by atoms with E-state index in [1.165, 1.54) is 0 Å². The second kappa shape index (κ2) is 3.87. The maximum atomic E-state index is 8.85. The Labute approximate surface area is 72.6 Å². The Kier molecular flexibility index (Phi) is 3.05. The third-order valence-corrected chi connectivity index (χ3v) is 2.14. The van der Waals surface area contributed by atoms with Crippen molar-refractivity contribution in [2.45, 2.75) is 26.0 Å². The van der Waals surface area contributed by atoms with E-state index in [-0.39, 0.29) is 18.8 Å². The van der Waals surface area contributed by atoms with Crippen LogP contribution < -0.4 is 0 Å². The van der Waals surface area contributed by atoms with Gasteiger partial charge >= 0.3 is 0 Å². The highest BCUT2D eigenvalue weighted by molar-refractivity contribution is 5.76. The van der Waals surface area contributed by atoms with Crippen molar-refractivity contribution in [3.8, 4) is 0 Å². The van der Waals surface area contributed by atoms with E-state index in [4.69, 9.17) is 15.3 Å². The molecule has 1 fully saturated rings. The lowest BCUT2D eigenvalue weighted by Crippen LogP contribution is -2.51. The van der Waals surface area contributed by atoms with E-state index in [1.807, 2.05) is 11.8 Å². The Bertz CT molecular complexity index is 172. The first-order valence-electron chi connectivity index (χ1n) is 4.19. The van der Waals surface area contributed by atoms with Gasteiger partial charge in [0.05, 0.1) is 31.2 Å². The highest BCUT2D eigenvalue weighted by atomic mass is 16.5. The molecule has 1 rings (SSSR count). The summed E-state index contributed by atoms with van der Waals surface area (Å²) in [6, 6.07) is 0.255. The van der Waals surface area contributed by atoms with Crippen LogP contribution in [-0.4, -0.2) is 47.7 Å². The molecule has 0 bridgehead atoms. The lowest BCUT2D eigenvalue weighted by atomic mass is 10.2. The largest absolute Gasteiger partial charge is 0.394 e. The highest BCUT2D eigenvalue weighted by Gasteiger charge is 2.25. The molecule has 0 spiro atoms. The zero-order valence-electron chi connectivity index (χ0n) is 7.58. The zero-order chi connectivity index (χ0) is 9.14. The van der Waals surface area contributed by atoms with E-state index >= 15 is 0 Å². The van der Waals surface area contributed by atoms with Gasteiger partial charge in [-0.2, -0.15) is 0 Å². The summed E-state index contributed by atoms with van der Waals surface area (Å²) in [5.41, 5.74) is 0. The van der Waals surface area contributed by atoms with Crippen LogP contribution in [0.1, 0.15) is 13.8 Å². The Morgan fingerprint density at radius 2 is 2.42 bits per heavy atom. The van der Waals surface area contributed by atoms with Crippen LogP contribution in [0, 0.1) is 5.41 Å². The molecule has 12 heavy (non-hydrogen) atoms. The Balaban J connectivity index is 2.53. The Hall–Kier alpha value is -0.610. The first-order valence-corrected chi connectivity index (χ1v) is 4.19. The fraction of sp³-hybridized carbons (Fsp3) is 0.875. The fourth-order valence-corrected chi connectivity index (χ4v) is 1.40. The van der Waals surface area contributed by atoms with Gasteiger partial charge in [0.25, 0.3) is 0 Å². The molecule has 0 aromatic carbocycles. The van der Waals surface area contributed by atoms with Crippen molar-refractivity contribution in [1.82, 2.24) is 4.90 Å². The topological polar surface area (TPSA) is 56.6 Å². The van der Waals surface area contributed by atoms with Gasteiger partial charge in [-0.15, -0.1) is 0 Å². The average molecular weight is 172 g/mol. The van der Waals surface area contributed by atoms with Gasteiger partial charge in [-0.1, -0.05) is 0 Å². The van der Waals surface area contributed by atoms with Crippen LogP contribution in [-0.2, 0) is 4.74 Å². The van der Waals surface area contributed by atoms with Crippen LogP contribution in [0.2, 0.25) is 0 Å². The van der Waals surface area contributed by atoms with E-state index in [9.17, 15) is 0 Å². The third kappa shape index (κ3) is 1.95. The van der Waals surface area contributed by atoms with Crippen molar-refractivity contribution in [3.05, 3.63) is 0 Å². The summed E-state index contributed by atoms with van der Waals surface area (Å²) in [5, 5.41) is 16.3. The van der Waals surface area contributed by atoms with Crippen LogP contribution in [0.3, 0.4) is 0 Å². The van der Waals surface area contributed by atoms with E-state index in [0.29, 0.717) is 19.0 Å². The molecule has 1 aliphatic heterocycles.